The van der Waals surface area contributed by atoms with Crippen LogP contribution in [0.5, 0.6) is 5.75 Å². The normalized spacial score (nSPS) is 10.5. The number of aliphatic hydroxyl groups excluding tert-OH is 1. The monoisotopic (exact) mass is 301 g/mol. The van der Waals surface area contributed by atoms with Gasteiger partial charge in [0.15, 0.2) is 0 Å². The Morgan fingerprint density at radius 1 is 1.21 bits per heavy atom. The van der Waals surface area contributed by atoms with Gasteiger partial charge >= 0.3 is 0 Å². The summed E-state index contributed by atoms with van der Waals surface area (Å²) >= 11 is 11.8. The molecule has 0 unspecified atom stereocenters. The Labute approximate surface area is 119 Å². The van der Waals surface area contributed by atoms with E-state index in [0.29, 0.717) is 26.9 Å². The molecule has 1 aromatic heterocycles. The van der Waals surface area contributed by atoms with E-state index >= 15 is 0 Å². The van der Waals surface area contributed by atoms with Crippen LogP contribution < -0.4 is 4.74 Å². The SMILES string of the molecule is OCc1cc(Cl)cc(Cl)c1OCc1cncc(F)c1. The molecule has 0 fully saturated rings. The predicted octanol–water partition coefficient (Wildman–Crippen LogP) is 3.60. The van der Waals surface area contributed by atoms with E-state index in [4.69, 9.17) is 27.9 Å². The minimum atomic E-state index is -0.439. The second kappa shape index (κ2) is 6.19. The second-order valence-electron chi connectivity index (χ2n) is 3.83. The molecule has 0 aliphatic rings. The highest BCUT2D eigenvalue weighted by atomic mass is 35.5. The fourth-order valence-electron chi connectivity index (χ4n) is 1.58. The lowest BCUT2D eigenvalue weighted by Gasteiger charge is -2.12. The summed E-state index contributed by atoms with van der Waals surface area (Å²) in [5, 5.41) is 9.94. The predicted molar refractivity (Wildman–Crippen MR) is 70.9 cm³/mol. The number of halogens is 3. The fraction of sp³-hybridized carbons (Fsp3) is 0.154. The van der Waals surface area contributed by atoms with Gasteiger partial charge in [-0.1, -0.05) is 23.2 Å². The van der Waals surface area contributed by atoms with E-state index < -0.39 is 5.82 Å². The van der Waals surface area contributed by atoms with Gasteiger partial charge in [0.25, 0.3) is 0 Å². The van der Waals surface area contributed by atoms with Crippen molar-refractivity contribution in [3.05, 3.63) is 57.6 Å². The summed E-state index contributed by atoms with van der Waals surface area (Å²) in [6.07, 6.45) is 2.60. The highest BCUT2D eigenvalue weighted by Gasteiger charge is 2.10. The highest BCUT2D eigenvalue weighted by molar-refractivity contribution is 6.35. The van der Waals surface area contributed by atoms with E-state index in [9.17, 15) is 9.50 Å². The molecule has 0 spiro atoms. The zero-order valence-corrected chi connectivity index (χ0v) is 11.2. The molecular weight excluding hydrogens is 292 g/mol. The molecule has 0 aliphatic heterocycles. The molecule has 2 rings (SSSR count). The standard InChI is InChI=1S/C13H10Cl2FNO2/c14-10-2-9(6-18)13(12(15)3-10)19-7-8-1-11(16)5-17-4-8/h1-5,18H,6-7H2. The van der Waals surface area contributed by atoms with Gasteiger partial charge in [-0.3, -0.25) is 4.98 Å². The average Bonchev–Trinajstić information content (AvgIpc) is 2.37. The number of aliphatic hydroxyl groups is 1. The van der Waals surface area contributed by atoms with Crippen molar-refractivity contribution >= 4 is 23.2 Å². The smallest absolute Gasteiger partial charge is 0.144 e. The van der Waals surface area contributed by atoms with Gasteiger partial charge < -0.3 is 9.84 Å². The number of benzene rings is 1. The molecule has 0 saturated heterocycles. The van der Waals surface area contributed by atoms with Gasteiger partial charge in [0.2, 0.25) is 0 Å². The van der Waals surface area contributed by atoms with E-state index in [2.05, 4.69) is 4.98 Å². The maximum absolute atomic E-state index is 13.0. The first-order valence-electron chi connectivity index (χ1n) is 5.41. The largest absolute Gasteiger partial charge is 0.487 e. The summed E-state index contributed by atoms with van der Waals surface area (Å²) in [6, 6.07) is 4.39. The molecule has 2 aromatic rings. The van der Waals surface area contributed by atoms with Crippen LogP contribution in [0.15, 0.2) is 30.6 Å². The van der Waals surface area contributed by atoms with Gasteiger partial charge in [-0.2, -0.15) is 0 Å². The van der Waals surface area contributed by atoms with Gasteiger partial charge in [0.05, 0.1) is 17.8 Å². The zero-order valence-electron chi connectivity index (χ0n) is 9.74. The quantitative estimate of drug-likeness (QED) is 0.938. The molecule has 1 heterocycles. The van der Waals surface area contributed by atoms with Crippen LogP contribution in [0, 0.1) is 5.82 Å². The minimum Gasteiger partial charge on any atom is -0.487 e. The van der Waals surface area contributed by atoms with Crippen LogP contribution >= 0.6 is 23.2 Å². The van der Waals surface area contributed by atoms with Crippen LogP contribution in [0.1, 0.15) is 11.1 Å². The molecule has 100 valence electrons. The molecule has 0 saturated carbocycles. The third kappa shape index (κ3) is 3.56. The molecule has 0 radical (unpaired) electrons. The molecule has 0 atom stereocenters. The third-order valence-electron chi connectivity index (χ3n) is 2.40. The lowest BCUT2D eigenvalue weighted by molar-refractivity contribution is 0.259. The topological polar surface area (TPSA) is 42.4 Å². The van der Waals surface area contributed by atoms with Crippen molar-refractivity contribution in [3.8, 4) is 5.75 Å². The van der Waals surface area contributed by atoms with Crippen LogP contribution in [0.25, 0.3) is 0 Å². The van der Waals surface area contributed by atoms with Crippen molar-refractivity contribution in [3.63, 3.8) is 0 Å². The minimum absolute atomic E-state index is 0.0963. The zero-order chi connectivity index (χ0) is 13.8. The van der Waals surface area contributed by atoms with Crippen molar-refractivity contribution in [2.75, 3.05) is 0 Å². The van der Waals surface area contributed by atoms with Crippen molar-refractivity contribution < 1.29 is 14.2 Å². The van der Waals surface area contributed by atoms with Crippen LogP contribution in [-0.2, 0) is 13.2 Å². The Kier molecular flexibility index (Phi) is 4.58. The lowest BCUT2D eigenvalue weighted by atomic mass is 10.2. The lowest BCUT2D eigenvalue weighted by Crippen LogP contribution is -2.00. The Balaban J connectivity index is 2.19. The van der Waals surface area contributed by atoms with E-state index in [-0.39, 0.29) is 13.2 Å². The molecule has 6 heteroatoms. The fourth-order valence-corrected chi connectivity index (χ4v) is 2.17. The summed E-state index contributed by atoms with van der Waals surface area (Å²) in [4.78, 5) is 3.72. The molecule has 1 aromatic carbocycles. The summed E-state index contributed by atoms with van der Waals surface area (Å²) < 4.78 is 18.5. The Morgan fingerprint density at radius 3 is 2.68 bits per heavy atom. The Morgan fingerprint density at radius 2 is 2.00 bits per heavy atom. The first kappa shape index (κ1) is 14.1. The van der Waals surface area contributed by atoms with Crippen molar-refractivity contribution in [1.82, 2.24) is 4.98 Å². The van der Waals surface area contributed by atoms with Gasteiger partial charge in [-0.05, 0) is 18.2 Å². The van der Waals surface area contributed by atoms with Crippen LogP contribution in [0.4, 0.5) is 4.39 Å². The van der Waals surface area contributed by atoms with E-state index in [0.717, 1.165) is 6.20 Å². The van der Waals surface area contributed by atoms with Gasteiger partial charge in [0.1, 0.15) is 18.2 Å². The van der Waals surface area contributed by atoms with Crippen LogP contribution in [0.2, 0.25) is 10.0 Å². The summed E-state index contributed by atoms with van der Waals surface area (Å²) in [6.45, 7) is -0.157. The maximum atomic E-state index is 13.0. The Bertz CT molecular complexity index is 593. The number of ether oxygens (including phenoxy) is 1. The van der Waals surface area contributed by atoms with E-state index in [1.807, 2.05) is 0 Å². The first-order chi connectivity index (χ1) is 9.10. The number of hydrogen-bond acceptors (Lipinski definition) is 3. The van der Waals surface area contributed by atoms with Gasteiger partial charge in [-0.25, -0.2) is 4.39 Å². The number of pyridine rings is 1. The molecule has 0 amide bonds. The molecule has 0 bridgehead atoms. The molecule has 3 nitrogen and oxygen atoms in total. The first-order valence-corrected chi connectivity index (χ1v) is 6.16. The number of aromatic nitrogens is 1. The molecule has 19 heavy (non-hydrogen) atoms. The van der Waals surface area contributed by atoms with Crippen molar-refractivity contribution in [2.45, 2.75) is 13.2 Å². The molecule has 0 aliphatic carbocycles. The molecule has 1 N–H and O–H groups in total. The third-order valence-corrected chi connectivity index (χ3v) is 2.90. The van der Waals surface area contributed by atoms with Crippen LogP contribution in [-0.4, -0.2) is 10.1 Å². The van der Waals surface area contributed by atoms with Crippen molar-refractivity contribution in [1.29, 1.82) is 0 Å². The van der Waals surface area contributed by atoms with Crippen molar-refractivity contribution in [2.24, 2.45) is 0 Å². The maximum Gasteiger partial charge on any atom is 0.144 e. The average molecular weight is 302 g/mol. The van der Waals surface area contributed by atoms with Crippen LogP contribution in [0.3, 0.4) is 0 Å². The van der Waals surface area contributed by atoms with E-state index in [1.165, 1.54) is 18.3 Å². The number of nitrogens with zero attached hydrogens (tertiary/aromatic N) is 1. The number of hydrogen-bond donors (Lipinski definition) is 1. The Hall–Kier alpha value is -1.36. The molecular formula is C13H10Cl2FNO2. The van der Waals surface area contributed by atoms with E-state index in [1.54, 1.807) is 6.07 Å². The highest BCUT2D eigenvalue weighted by Crippen LogP contribution is 2.33. The summed E-state index contributed by atoms with van der Waals surface area (Å²) in [5.41, 5.74) is 1.04. The number of rotatable bonds is 4. The summed E-state index contributed by atoms with van der Waals surface area (Å²) in [7, 11) is 0. The van der Waals surface area contributed by atoms with Gasteiger partial charge in [-0.15, -0.1) is 0 Å². The summed E-state index contributed by atoms with van der Waals surface area (Å²) in [5.74, 6) is -0.108. The van der Waals surface area contributed by atoms with Gasteiger partial charge in [0, 0.05) is 22.3 Å². The second-order valence-corrected chi connectivity index (χ2v) is 4.68.